The summed E-state index contributed by atoms with van der Waals surface area (Å²) in [7, 11) is 0. The van der Waals surface area contributed by atoms with Gasteiger partial charge in [-0.05, 0) is 48.4 Å². The molecule has 0 heterocycles. The fourth-order valence-corrected chi connectivity index (χ4v) is 3.74. The van der Waals surface area contributed by atoms with Gasteiger partial charge in [-0.2, -0.15) is 0 Å². The van der Waals surface area contributed by atoms with E-state index in [1.165, 1.54) is 31.2 Å². The zero-order valence-corrected chi connectivity index (χ0v) is 13.3. The van der Waals surface area contributed by atoms with Gasteiger partial charge in [0.2, 0.25) is 0 Å². The first-order chi connectivity index (χ1) is 9.06. The van der Waals surface area contributed by atoms with Crippen molar-refractivity contribution >= 4 is 23.2 Å². The summed E-state index contributed by atoms with van der Waals surface area (Å²) in [5.41, 5.74) is 1.17. The SMILES string of the molecule is CC(C)C1CCCCC1NCc1cc(Cl)cc(Cl)c1. The average Bonchev–Trinajstić information content (AvgIpc) is 2.35. The molecule has 0 aliphatic heterocycles. The Balaban J connectivity index is 1.96. The van der Waals surface area contributed by atoms with Gasteiger partial charge in [-0.1, -0.05) is 49.9 Å². The van der Waals surface area contributed by atoms with E-state index in [0.717, 1.165) is 18.4 Å². The summed E-state index contributed by atoms with van der Waals surface area (Å²) in [5.74, 6) is 1.55. The number of rotatable bonds is 4. The van der Waals surface area contributed by atoms with Crippen LogP contribution in [0.4, 0.5) is 0 Å². The lowest BCUT2D eigenvalue weighted by atomic mass is 9.78. The highest BCUT2D eigenvalue weighted by molar-refractivity contribution is 6.34. The molecule has 2 atom stereocenters. The van der Waals surface area contributed by atoms with E-state index < -0.39 is 0 Å². The molecular formula is C16H23Cl2N. The van der Waals surface area contributed by atoms with Crippen LogP contribution in [0.25, 0.3) is 0 Å². The molecule has 1 aromatic rings. The van der Waals surface area contributed by atoms with Gasteiger partial charge in [0.15, 0.2) is 0 Å². The molecule has 1 N–H and O–H groups in total. The lowest BCUT2D eigenvalue weighted by molar-refractivity contribution is 0.204. The Labute approximate surface area is 126 Å². The van der Waals surface area contributed by atoms with Gasteiger partial charge in [-0.15, -0.1) is 0 Å². The molecule has 3 heteroatoms. The molecule has 19 heavy (non-hydrogen) atoms. The van der Waals surface area contributed by atoms with Gasteiger partial charge in [0.1, 0.15) is 0 Å². The van der Waals surface area contributed by atoms with E-state index in [-0.39, 0.29) is 0 Å². The van der Waals surface area contributed by atoms with Gasteiger partial charge in [0.05, 0.1) is 0 Å². The zero-order valence-electron chi connectivity index (χ0n) is 11.8. The number of halogens is 2. The minimum absolute atomic E-state index is 0.631. The molecule has 1 nitrogen and oxygen atoms in total. The predicted molar refractivity (Wildman–Crippen MR) is 83.9 cm³/mol. The van der Waals surface area contributed by atoms with Crippen molar-refractivity contribution in [2.24, 2.45) is 11.8 Å². The highest BCUT2D eigenvalue weighted by atomic mass is 35.5. The summed E-state index contributed by atoms with van der Waals surface area (Å²) in [4.78, 5) is 0. The first-order valence-corrected chi connectivity index (χ1v) is 8.00. The van der Waals surface area contributed by atoms with E-state index in [4.69, 9.17) is 23.2 Å². The average molecular weight is 300 g/mol. The Hall–Kier alpha value is -0.240. The van der Waals surface area contributed by atoms with E-state index in [1.54, 1.807) is 6.07 Å². The Morgan fingerprint density at radius 2 is 1.74 bits per heavy atom. The fourth-order valence-electron chi connectivity index (χ4n) is 3.17. The van der Waals surface area contributed by atoms with Crippen molar-refractivity contribution in [3.8, 4) is 0 Å². The zero-order chi connectivity index (χ0) is 13.8. The Bertz CT molecular complexity index is 397. The predicted octanol–water partition coefficient (Wildman–Crippen LogP) is 5.30. The Morgan fingerprint density at radius 3 is 2.37 bits per heavy atom. The molecule has 0 aromatic heterocycles. The third-order valence-corrected chi connectivity index (χ3v) is 4.60. The van der Waals surface area contributed by atoms with E-state index >= 15 is 0 Å². The van der Waals surface area contributed by atoms with Gasteiger partial charge < -0.3 is 5.32 Å². The second kappa shape index (κ2) is 6.97. The van der Waals surface area contributed by atoms with Crippen molar-refractivity contribution in [2.75, 3.05) is 0 Å². The second-order valence-electron chi connectivity index (χ2n) is 5.96. The molecule has 1 aliphatic carbocycles. The summed E-state index contributed by atoms with van der Waals surface area (Å²) in [6.07, 6.45) is 5.37. The van der Waals surface area contributed by atoms with Gasteiger partial charge in [0, 0.05) is 22.6 Å². The summed E-state index contributed by atoms with van der Waals surface area (Å²) in [5, 5.41) is 5.14. The maximum Gasteiger partial charge on any atom is 0.0424 e. The molecule has 0 bridgehead atoms. The normalized spacial score (nSPS) is 23.8. The number of hydrogen-bond acceptors (Lipinski definition) is 1. The van der Waals surface area contributed by atoms with Gasteiger partial charge in [0.25, 0.3) is 0 Å². The van der Waals surface area contributed by atoms with Crippen LogP contribution in [0.2, 0.25) is 10.0 Å². The topological polar surface area (TPSA) is 12.0 Å². The van der Waals surface area contributed by atoms with Crippen LogP contribution in [-0.4, -0.2) is 6.04 Å². The molecular weight excluding hydrogens is 277 g/mol. The summed E-state index contributed by atoms with van der Waals surface area (Å²) >= 11 is 12.1. The molecule has 2 rings (SSSR count). The smallest absolute Gasteiger partial charge is 0.0424 e. The number of hydrogen-bond donors (Lipinski definition) is 1. The van der Waals surface area contributed by atoms with Crippen LogP contribution in [-0.2, 0) is 6.54 Å². The first-order valence-electron chi connectivity index (χ1n) is 7.24. The molecule has 1 saturated carbocycles. The third-order valence-electron chi connectivity index (χ3n) is 4.17. The lowest BCUT2D eigenvalue weighted by Gasteiger charge is -2.35. The highest BCUT2D eigenvalue weighted by Gasteiger charge is 2.26. The molecule has 1 aliphatic rings. The van der Waals surface area contributed by atoms with E-state index in [1.807, 2.05) is 12.1 Å². The van der Waals surface area contributed by atoms with Crippen LogP contribution in [0.5, 0.6) is 0 Å². The van der Waals surface area contributed by atoms with Gasteiger partial charge in [-0.25, -0.2) is 0 Å². The quantitative estimate of drug-likeness (QED) is 0.796. The fraction of sp³-hybridized carbons (Fsp3) is 0.625. The van der Waals surface area contributed by atoms with Crippen molar-refractivity contribution in [1.82, 2.24) is 5.32 Å². The monoisotopic (exact) mass is 299 g/mol. The minimum atomic E-state index is 0.631. The maximum absolute atomic E-state index is 6.04. The van der Waals surface area contributed by atoms with Crippen LogP contribution >= 0.6 is 23.2 Å². The van der Waals surface area contributed by atoms with E-state index in [0.29, 0.717) is 16.1 Å². The van der Waals surface area contributed by atoms with Crippen molar-refractivity contribution in [2.45, 2.75) is 52.1 Å². The van der Waals surface area contributed by atoms with Crippen molar-refractivity contribution < 1.29 is 0 Å². The van der Waals surface area contributed by atoms with Crippen LogP contribution in [0.3, 0.4) is 0 Å². The Morgan fingerprint density at radius 1 is 1.11 bits per heavy atom. The number of nitrogens with one attached hydrogen (secondary N) is 1. The van der Waals surface area contributed by atoms with Crippen molar-refractivity contribution in [3.05, 3.63) is 33.8 Å². The third kappa shape index (κ3) is 4.37. The van der Waals surface area contributed by atoms with Crippen molar-refractivity contribution in [1.29, 1.82) is 0 Å². The summed E-state index contributed by atoms with van der Waals surface area (Å²) < 4.78 is 0. The van der Waals surface area contributed by atoms with Gasteiger partial charge in [-0.3, -0.25) is 0 Å². The molecule has 0 spiro atoms. The van der Waals surface area contributed by atoms with Crippen LogP contribution in [0.1, 0.15) is 45.1 Å². The van der Waals surface area contributed by atoms with Crippen LogP contribution < -0.4 is 5.32 Å². The molecule has 0 saturated heterocycles. The largest absolute Gasteiger partial charge is 0.310 e. The van der Waals surface area contributed by atoms with Crippen LogP contribution in [0.15, 0.2) is 18.2 Å². The molecule has 0 amide bonds. The van der Waals surface area contributed by atoms with Crippen LogP contribution in [0, 0.1) is 11.8 Å². The summed E-state index contributed by atoms with van der Waals surface area (Å²) in [6, 6.07) is 6.40. The molecule has 2 unspecified atom stereocenters. The molecule has 1 fully saturated rings. The standard InChI is InChI=1S/C16H23Cl2N/c1-11(2)15-5-3-4-6-16(15)19-10-12-7-13(17)9-14(18)8-12/h7-9,11,15-16,19H,3-6,10H2,1-2H3. The summed E-state index contributed by atoms with van der Waals surface area (Å²) in [6.45, 7) is 5.52. The van der Waals surface area contributed by atoms with Crippen molar-refractivity contribution in [3.63, 3.8) is 0 Å². The molecule has 0 radical (unpaired) electrons. The number of benzene rings is 1. The first kappa shape index (κ1) is 15.2. The second-order valence-corrected chi connectivity index (χ2v) is 6.83. The van der Waals surface area contributed by atoms with E-state index in [2.05, 4.69) is 19.2 Å². The Kier molecular flexibility index (Phi) is 5.56. The minimum Gasteiger partial charge on any atom is -0.310 e. The van der Waals surface area contributed by atoms with E-state index in [9.17, 15) is 0 Å². The molecule has 1 aromatic carbocycles. The van der Waals surface area contributed by atoms with Gasteiger partial charge >= 0.3 is 0 Å². The lowest BCUT2D eigenvalue weighted by Crippen LogP contribution is -2.40. The maximum atomic E-state index is 6.04. The molecule has 106 valence electrons. The highest BCUT2D eigenvalue weighted by Crippen LogP contribution is 2.30.